The van der Waals surface area contributed by atoms with Crippen LogP contribution in [0.25, 0.3) is 0 Å². The summed E-state index contributed by atoms with van der Waals surface area (Å²) >= 11 is 6.49. The maximum Gasteiger partial charge on any atom is 0.339 e. The minimum absolute atomic E-state index is 0. The number of sulfone groups is 2. The average molecular weight is 802 g/mol. The molecule has 0 spiro atoms. The molecule has 16 heteroatoms. The Bertz CT molecular complexity index is 1940. The van der Waals surface area contributed by atoms with Crippen LogP contribution >= 0.6 is 31.9 Å². The Morgan fingerprint density at radius 2 is 1.11 bits per heavy atom. The van der Waals surface area contributed by atoms with Crippen molar-refractivity contribution in [1.29, 1.82) is 0 Å². The van der Waals surface area contributed by atoms with Crippen molar-refractivity contribution in [2.24, 2.45) is 5.73 Å². The summed E-state index contributed by atoms with van der Waals surface area (Å²) in [5.74, 6) is -1.35. The van der Waals surface area contributed by atoms with E-state index in [9.17, 15) is 26.4 Å². The zero-order valence-corrected chi connectivity index (χ0v) is 28.9. The summed E-state index contributed by atoms with van der Waals surface area (Å²) in [7, 11) is -3.29. The largest absolute Gasteiger partial charge is 0.495 e. The van der Waals surface area contributed by atoms with Gasteiger partial charge in [0.2, 0.25) is 5.91 Å². The predicted octanol–water partition coefficient (Wildman–Crippen LogP) is 5.17. The molecule has 2 heterocycles. The van der Waals surface area contributed by atoms with Gasteiger partial charge in [-0.05, 0) is 59.7 Å². The summed E-state index contributed by atoms with van der Waals surface area (Å²) in [4.78, 5) is 30.5. The van der Waals surface area contributed by atoms with Gasteiger partial charge in [0.05, 0.1) is 44.0 Å². The molecule has 0 bridgehead atoms. The number of amides is 1. The number of benzene rings is 2. The van der Waals surface area contributed by atoms with E-state index in [0.717, 1.165) is 0 Å². The van der Waals surface area contributed by atoms with Crippen molar-refractivity contribution in [1.82, 2.24) is 9.97 Å². The molecular formula is C30H31Br2N3O9S2. The van der Waals surface area contributed by atoms with Crippen molar-refractivity contribution >= 4 is 63.4 Å². The second-order valence-corrected chi connectivity index (χ2v) is 14.9. The molecule has 0 fully saturated rings. The zero-order valence-electron chi connectivity index (χ0n) is 24.1. The number of carbonyl (C=O) groups is 2. The number of esters is 1. The lowest BCUT2D eigenvalue weighted by molar-refractivity contribution is 0.0600. The highest BCUT2D eigenvalue weighted by Crippen LogP contribution is 2.31. The maximum atomic E-state index is 12.6. The van der Waals surface area contributed by atoms with Crippen molar-refractivity contribution in [2.75, 3.05) is 21.3 Å². The Labute approximate surface area is 284 Å². The molecule has 12 nitrogen and oxygen atoms in total. The minimum atomic E-state index is -3.67. The summed E-state index contributed by atoms with van der Waals surface area (Å²) in [6.45, 7) is 0. The first-order valence-electron chi connectivity index (χ1n) is 12.6. The summed E-state index contributed by atoms with van der Waals surface area (Å²) < 4.78 is 66.5. The van der Waals surface area contributed by atoms with Crippen LogP contribution in [0.1, 0.15) is 39.3 Å². The van der Waals surface area contributed by atoms with Gasteiger partial charge in [-0.2, -0.15) is 0 Å². The SMILES string of the molecule is C.COC(=O)c1cncc(CS(=O)(=O)c2cc(Br)ccc2OC)c1.COc1ccc(Br)cc1S(=O)(=O)Cc1cncc(C(N)=O)c1. The predicted molar refractivity (Wildman–Crippen MR) is 178 cm³/mol. The molecule has 4 rings (SSSR count). The van der Waals surface area contributed by atoms with E-state index in [1.165, 1.54) is 70.4 Å². The fourth-order valence-corrected chi connectivity index (χ4v) is 7.94. The van der Waals surface area contributed by atoms with Crippen molar-refractivity contribution < 1.29 is 40.6 Å². The van der Waals surface area contributed by atoms with E-state index >= 15 is 0 Å². The summed E-state index contributed by atoms with van der Waals surface area (Å²) in [5, 5.41) is 0. The van der Waals surface area contributed by atoms with Crippen LogP contribution in [0.15, 0.2) is 92.1 Å². The van der Waals surface area contributed by atoms with Crippen LogP contribution in [0.3, 0.4) is 0 Å². The highest BCUT2D eigenvalue weighted by atomic mass is 79.9. The molecule has 46 heavy (non-hydrogen) atoms. The summed E-state index contributed by atoms with van der Waals surface area (Å²) in [6.07, 6.45) is 5.39. The first kappa shape index (κ1) is 38.3. The van der Waals surface area contributed by atoms with Crippen LogP contribution in [0.5, 0.6) is 11.5 Å². The van der Waals surface area contributed by atoms with Crippen LogP contribution < -0.4 is 15.2 Å². The van der Waals surface area contributed by atoms with Gasteiger partial charge < -0.3 is 19.9 Å². The lowest BCUT2D eigenvalue weighted by Crippen LogP contribution is -2.13. The normalized spacial score (nSPS) is 10.9. The van der Waals surface area contributed by atoms with Gasteiger partial charge in [-0.25, -0.2) is 21.6 Å². The molecule has 2 aromatic heterocycles. The molecule has 4 aromatic rings. The molecule has 1 amide bonds. The highest BCUT2D eigenvalue weighted by molar-refractivity contribution is 9.10. The van der Waals surface area contributed by atoms with E-state index in [1.807, 2.05) is 0 Å². The first-order chi connectivity index (χ1) is 21.2. The standard InChI is InChI=1S/C15H14BrNO5S.C14H13BrN2O4S.CH4/c1-21-13-4-3-12(16)6-14(13)23(19,20)9-10-5-11(8-17-7-10)15(18)22-2;1-21-12-3-2-11(15)5-13(12)22(19,20)8-9-4-10(14(16)18)7-17-6-9;/h3-8H,9H2,1-2H3;2-7H,8H2,1H3,(H2,16,18);1H4. The quantitative estimate of drug-likeness (QED) is 0.209. The van der Waals surface area contributed by atoms with Crippen molar-refractivity contribution in [2.45, 2.75) is 28.7 Å². The van der Waals surface area contributed by atoms with Crippen LogP contribution in [-0.2, 0) is 35.9 Å². The van der Waals surface area contributed by atoms with E-state index in [-0.39, 0.29) is 51.3 Å². The number of hydrogen-bond donors (Lipinski definition) is 1. The number of halogens is 2. The number of carbonyl (C=O) groups excluding carboxylic acids is 2. The third-order valence-electron chi connectivity index (χ3n) is 5.93. The molecule has 0 saturated carbocycles. The number of rotatable bonds is 10. The molecule has 0 unspecified atom stereocenters. The molecule has 0 saturated heterocycles. The Morgan fingerprint density at radius 3 is 1.50 bits per heavy atom. The number of nitrogens with zero attached hydrogens (tertiary/aromatic N) is 2. The molecule has 2 N–H and O–H groups in total. The third kappa shape index (κ3) is 10.1. The van der Waals surface area contributed by atoms with E-state index < -0.39 is 31.6 Å². The Balaban J connectivity index is 0.000000314. The molecule has 0 aliphatic rings. The number of aromatic nitrogens is 2. The van der Waals surface area contributed by atoms with Crippen molar-refractivity contribution in [3.8, 4) is 11.5 Å². The Morgan fingerprint density at radius 1 is 0.696 bits per heavy atom. The molecule has 0 aliphatic carbocycles. The molecular weight excluding hydrogens is 770 g/mol. The van der Waals surface area contributed by atoms with Gasteiger partial charge in [0.25, 0.3) is 0 Å². The second kappa shape index (κ2) is 16.6. The van der Waals surface area contributed by atoms with Crippen LogP contribution in [0.2, 0.25) is 0 Å². The van der Waals surface area contributed by atoms with E-state index in [1.54, 1.807) is 24.3 Å². The number of primary amides is 1. The maximum absolute atomic E-state index is 12.6. The van der Waals surface area contributed by atoms with E-state index in [4.69, 9.17) is 15.2 Å². The van der Waals surface area contributed by atoms with Crippen LogP contribution in [0.4, 0.5) is 0 Å². The number of nitrogens with two attached hydrogens (primary N) is 1. The summed E-state index contributed by atoms with van der Waals surface area (Å²) in [5.41, 5.74) is 6.28. The van der Waals surface area contributed by atoms with Crippen molar-refractivity contribution in [3.05, 3.63) is 105 Å². The molecule has 0 radical (unpaired) electrons. The number of methoxy groups -OCH3 is 3. The fraction of sp³-hybridized carbons (Fsp3) is 0.200. The van der Waals surface area contributed by atoms with Gasteiger partial charge in [-0.15, -0.1) is 0 Å². The van der Waals surface area contributed by atoms with Gasteiger partial charge in [0, 0.05) is 33.7 Å². The lowest BCUT2D eigenvalue weighted by Gasteiger charge is -2.10. The topological polar surface area (TPSA) is 182 Å². The highest BCUT2D eigenvalue weighted by Gasteiger charge is 2.23. The minimum Gasteiger partial charge on any atom is -0.495 e. The van der Waals surface area contributed by atoms with Crippen LogP contribution in [-0.4, -0.2) is 60.0 Å². The van der Waals surface area contributed by atoms with E-state index in [2.05, 4.69) is 46.6 Å². The molecule has 246 valence electrons. The Kier molecular flexibility index (Phi) is 13.9. The van der Waals surface area contributed by atoms with Crippen LogP contribution in [0, 0.1) is 0 Å². The number of pyridine rings is 2. The third-order valence-corrected chi connectivity index (χ3v) is 10.3. The molecule has 0 atom stereocenters. The second-order valence-electron chi connectivity index (χ2n) is 9.13. The zero-order chi connectivity index (χ0) is 33.4. The van der Waals surface area contributed by atoms with Gasteiger partial charge in [-0.3, -0.25) is 14.8 Å². The molecule has 0 aliphatic heterocycles. The van der Waals surface area contributed by atoms with Gasteiger partial charge in [-0.1, -0.05) is 39.3 Å². The van der Waals surface area contributed by atoms with Gasteiger partial charge in [0.1, 0.15) is 21.3 Å². The summed E-state index contributed by atoms with van der Waals surface area (Å²) in [6, 6.07) is 12.3. The lowest BCUT2D eigenvalue weighted by atomic mass is 10.2. The monoisotopic (exact) mass is 799 g/mol. The fourth-order valence-electron chi connectivity index (χ4n) is 3.88. The number of ether oxygens (including phenoxy) is 3. The first-order valence-corrected chi connectivity index (χ1v) is 17.5. The van der Waals surface area contributed by atoms with Gasteiger partial charge in [0.15, 0.2) is 19.7 Å². The molecule has 2 aromatic carbocycles. The number of hydrogen-bond acceptors (Lipinski definition) is 11. The average Bonchev–Trinajstić information content (AvgIpc) is 3.00. The smallest absolute Gasteiger partial charge is 0.339 e. The Hall–Kier alpha value is -3.86. The van der Waals surface area contributed by atoms with Crippen molar-refractivity contribution in [3.63, 3.8) is 0 Å². The van der Waals surface area contributed by atoms with E-state index in [0.29, 0.717) is 20.1 Å². The van der Waals surface area contributed by atoms with Gasteiger partial charge >= 0.3 is 5.97 Å².